The van der Waals surface area contributed by atoms with Crippen LogP contribution in [0, 0.1) is 12.7 Å². The van der Waals surface area contributed by atoms with Crippen LogP contribution in [0.25, 0.3) is 22.2 Å². The summed E-state index contributed by atoms with van der Waals surface area (Å²) in [6, 6.07) is 2.97. The molecule has 1 saturated heterocycles. The molecule has 0 unspecified atom stereocenters. The minimum Gasteiger partial charge on any atom is -0.348 e. The molecule has 30 heavy (non-hydrogen) atoms. The van der Waals surface area contributed by atoms with Crippen LogP contribution in [0.3, 0.4) is 0 Å². The number of amides is 1. The van der Waals surface area contributed by atoms with Gasteiger partial charge in [-0.15, -0.1) is 0 Å². The highest BCUT2D eigenvalue weighted by atomic mass is 19.3. The Labute approximate surface area is 171 Å². The average molecular weight is 420 g/mol. The van der Waals surface area contributed by atoms with Gasteiger partial charge in [0.25, 0.3) is 12.3 Å². The molecule has 1 fully saturated rings. The van der Waals surface area contributed by atoms with Crippen LogP contribution in [0.5, 0.6) is 0 Å². The number of likely N-dealkylation sites (tertiary alicyclic amines) is 1. The molecule has 160 valence electrons. The molecular formula is C20H23F3N6O. The fourth-order valence-corrected chi connectivity index (χ4v) is 3.88. The van der Waals surface area contributed by atoms with E-state index in [9.17, 15) is 18.0 Å². The van der Waals surface area contributed by atoms with Gasteiger partial charge < -0.3 is 9.88 Å². The van der Waals surface area contributed by atoms with Gasteiger partial charge in [0.15, 0.2) is 5.69 Å². The maximum absolute atomic E-state index is 14.7. The number of carbonyl (C=O) groups is 1. The van der Waals surface area contributed by atoms with Gasteiger partial charge in [0.2, 0.25) is 0 Å². The largest absolute Gasteiger partial charge is 0.348 e. The monoisotopic (exact) mass is 420 g/mol. The Morgan fingerprint density at radius 2 is 2.07 bits per heavy atom. The number of H-pyrrole nitrogens is 1. The average Bonchev–Trinajstić information content (AvgIpc) is 3.27. The first-order valence-electron chi connectivity index (χ1n) is 9.81. The Balaban J connectivity index is 1.54. The summed E-state index contributed by atoms with van der Waals surface area (Å²) in [5, 5.41) is 9.92. The van der Waals surface area contributed by atoms with E-state index in [-0.39, 0.29) is 23.8 Å². The van der Waals surface area contributed by atoms with Gasteiger partial charge in [-0.2, -0.15) is 5.10 Å². The first kappa shape index (κ1) is 20.4. The summed E-state index contributed by atoms with van der Waals surface area (Å²) >= 11 is 0. The quantitative estimate of drug-likeness (QED) is 0.665. The Hall–Kier alpha value is -2.88. The predicted molar refractivity (Wildman–Crippen MR) is 106 cm³/mol. The number of aryl methyl sites for hydroxylation is 1. The van der Waals surface area contributed by atoms with Gasteiger partial charge in [-0.25, -0.2) is 18.2 Å². The van der Waals surface area contributed by atoms with Crippen molar-refractivity contribution in [2.45, 2.75) is 32.2 Å². The summed E-state index contributed by atoms with van der Waals surface area (Å²) in [4.78, 5) is 18.7. The fraction of sp³-hybridized carbons (Fsp3) is 0.450. The van der Waals surface area contributed by atoms with Crippen molar-refractivity contribution < 1.29 is 18.0 Å². The summed E-state index contributed by atoms with van der Waals surface area (Å²) in [6.07, 6.45) is 0.450. The van der Waals surface area contributed by atoms with E-state index in [1.54, 1.807) is 17.2 Å². The van der Waals surface area contributed by atoms with Crippen LogP contribution >= 0.6 is 0 Å². The third-order valence-electron chi connectivity index (χ3n) is 5.68. The van der Waals surface area contributed by atoms with E-state index < -0.39 is 18.1 Å². The van der Waals surface area contributed by atoms with Gasteiger partial charge in [0.1, 0.15) is 17.2 Å². The second kappa shape index (κ2) is 8.10. The molecule has 10 heteroatoms. The summed E-state index contributed by atoms with van der Waals surface area (Å²) < 4.78 is 41.5. The van der Waals surface area contributed by atoms with Gasteiger partial charge >= 0.3 is 0 Å². The summed E-state index contributed by atoms with van der Waals surface area (Å²) in [7, 11) is 1.84. The molecule has 7 nitrogen and oxygen atoms in total. The number of hydrogen-bond donors (Lipinski definition) is 2. The van der Waals surface area contributed by atoms with Crippen LogP contribution in [-0.4, -0.2) is 62.7 Å². The predicted octanol–water partition coefficient (Wildman–Crippen LogP) is 2.87. The molecule has 1 amide bonds. The van der Waals surface area contributed by atoms with Gasteiger partial charge in [-0.05, 0) is 31.9 Å². The zero-order chi connectivity index (χ0) is 21.4. The number of imidazole rings is 1. The lowest BCUT2D eigenvalue weighted by Gasteiger charge is -2.31. The second-order valence-corrected chi connectivity index (χ2v) is 7.64. The lowest BCUT2D eigenvalue weighted by molar-refractivity contribution is 0.0695. The molecule has 1 aliphatic heterocycles. The number of carbonyl (C=O) groups excluding carboxylic acids is 1. The van der Waals surface area contributed by atoms with Crippen LogP contribution in [-0.2, 0) is 7.05 Å². The fourth-order valence-electron chi connectivity index (χ4n) is 3.88. The molecule has 0 atom stereocenters. The molecule has 2 N–H and O–H groups in total. The van der Waals surface area contributed by atoms with E-state index in [0.717, 1.165) is 11.5 Å². The SMILES string of the molecule is Cc1ncc(-c2cc(F)c3[nH]nc(C(=O)NC4CCN(CC(F)F)CC4)c3c2)n1C. The van der Waals surface area contributed by atoms with Crippen molar-refractivity contribution in [3.8, 4) is 11.3 Å². The Bertz CT molecular complexity index is 1070. The topological polar surface area (TPSA) is 78.8 Å². The molecule has 0 saturated carbocycles. The number of rotatable bonds is 5. The molecular weight excluding hydrogens is 397 g/mol. The number of fused-ring (bicyclic) bond motifs is 1. The smallest absolute Gasteiger partial charge is 0.272 e. The van der Waals surface area contributed by atoms with E-state index in [4.69, 9.17) is 0 Å². The van der Waals surface area contributed by atoms with Crippen LogP contribution in [0.15, 0.2) is 18.3 Å². The van der Waals surface area contributed by atoms with Crippen molar-refractivity contribution in [2.75, 3.05) is 19.6 Å². The summed E-state index contributed by atoms with van der Waals surface area (Å²) in [5.74, 6) is -0.131. The molecule has 0 aliphatic carbocycles. The number of hydrogen-bond acceptors (Lipinski definition) is 4. The number of nitrogens with zero attached hydrogens (tertiary/aromatic N) is 4. The lowest BCUT2D eigenvalue weighted by Crippen LogP contribution is -2.45. The highest BCUT2D eigenvalue weighted by Crippen LogP contribution is 2.28. The number of nitrogens with one attached hydrogen (secondary N) is 2. The van der Waals surface area contributed by atoms with Crippen molar-refractivity contribution >= 4 is 16.8 Å². The zero-order valence-electron chi connectivity index (χ0n) is 16.8. The number of alkyl halides is 2. The Morgan fingerprint density at radius 3 is 2.70 bits per heavy atom. The van der Waals surface area contributed by atoms with Crippen molar-refractivity contribution in [1.82, 2.24) is 30.0 Å². The van der Waals surface area contributed by atoms with E-state index in [1.165, 1.54) is 6.07 Å². The van der Waals surface area contributed by atoms with Crippen molar-refractivity contribution in [1.29, 1.82) is 0 Å². The lowest BCUT2D eigenvalue weighted by atomic mass is 10.0. The third-order valence-corrected chi connectivity index (χ3v) is 5.68. The first-order valence-corrected chi connectivity index (χ1v) is 9.81. The van der Waals surface area contributed by atoms with E-state index >= 15 is 0 Å². The molecule has 0 radical (unpaired) electrons. The van der Waals surface area contributed by atoms with Gasteiger partial charge in [-0.3, -0.25) is 14.8 Å². The van der Waals surface area contributed by atoms with E-state index in [0.29, 0.717) is 36.9 Å². The summed E-state index contributed by atoms with van der Waals surface area (Å²) in [6.45, 7) is 2.59. The molecule has 0 bridgehead atoms. The molecule has 0 spiro atoms. The van der Waals surface area contributed by atoms with Crippen molar-refractivity contribution in [2.24, 2.45) is 7.05 Å². The van der Waals surface area contributed by atoms with Crippen LogP contribution in [0.1, 0.15) is 29.2 Å². The number of aromatic nitrogens is 4. The second-order valence-electron chi connectivity index (χ2n) is 7.64. The molecule has 3 aromatic rings. The molecule has 3 heterocycles. The number of piperidine rings is 1. The maximum Gasteiger partial charge on any atom is 0.272 e. The molecule has 2 aromatic heterocycles. The summed E-state index contributed by atoms with van der Waals surface area (Å²) in [5.41, 5.74) is 1.60. The van der Waals surface area contributed by atoms with Gasteiger partial charge in [0, 0.05) is 37.1 Å². The number of halogens is 3. The highest BCUT2D eigenvalue weighted by Gasteiger charge is 2.25. The van der Waals surface area contributed by atoms with Crippen molar-refractivity contribution in [3.05, 3.63) is 35.7 Å². The zero-order valence-corrected chi connectivity index (χ0v) is 16.8. The van der Waals surface area contributed by atoms with Crippen LogP contribution < -0.4 is 5.32 Å². The molecule has 4 rings (SSSR count). The Morgan fingerprint density at radius 1 is 1.33 bits per heavy atom. The standard InChI is InChI=1S/C20H23F3N6O/c1-11-24-9-16(28(11)2)12-7-14-18(15(21)8-12)26-27-19(14)20(30)25-13-3-5-29(6-4-13)10-17(22)23/h7-9,13,17H,3-6,10H2,1-2H3,(H,25,30)(H,26,27). The van der Waals surface area contributed by atoms with E-state index in [1.807, 2.05) is 18.5 Å². The van der Waals surface area contributed by atoms with E-state index in [2.05, 4.69) is 20.5 Å². The third kappa shape index (κ3) is 3.91. The Kier molecular flexibility index (Phi) is 5.50. The van der Waals surface area contributed by atoms with Crippen LogP contribution in [0.2, 0.25) is 0 Å². The van der Waals surface area contributed by atoms with Gasteiger partial charge in [0.05, 0.1) is 18.4 Å². The first-order chi connectivity index (χ1) is 14.3. The molecule has 1 aliphatic rings. The normalized spacial score (nSPS) is 15.9. The minimum absolute atomic E-state index is 0.111. The molecule has 1 aromatic carbocycles. The minimum atomic E-state index is -2.36. The van der Waals surface area contributed by atoms with Crippen LogP contribution in [0.4, 0.5) is 13.2 Å². The number of aromatic amines is 1. The van der Waals surface area contributed by atoms with Crippen molar-refractivity contribution in [3.63, 3.8) is 0 Å². The maximum atomic E-state index is 14.7. The number of benzene rings is 1. The van der Waals surface area contributed by atoms with Gasteiger partial charge in [-0.1, -0.05) is 0 Å². The highest BCUT2D eigenvalue weighted by molar-refractivity contribution is 6.05.